The summed E-state index contributed by atoms with van der Waals surface area (Å²) in [5.41, 5.74) is 3.27. The monoisotopic (exact) mass is 492 g/mol. The molecule has 0 atom stereocenters. The quantitative estimate of drug-likeness (QED) is 0.492. The van der Waals surface area contributed by atoms with Gasteiger partial charge in [-0.25, -0.2) is 9.37 Å². The number of likely N-dealkylation sites (tertiary alicyclic amines) is 1. The highest BCUT2D eigenvalue weighted by Gasteiger charge is 2.21. The number of fused-ring (bicyclic) bond motifs is 1. The summed E-state index contributed by atoms with van der Waals surface area (Å²) < 4.78 is 21.0. The first-order valence-corrected chi connectivity index (χ1v) is 12.8. The van der Waals surface area contributed by atoms with E-state index in [4.69, 9.17) is 10.1 Å². The number of nitrogens with one attached hydrogen (secondary N) is 2. The van der Waals surface area contributed by atoms with Gasteiger partial charge < -0.3 is 15.0 Å². The Bertz CT molecular complexity index is 1230. The number of carbonyl (C=O) groups is 1. The topological polar surface area (TPSA) is 86.0 Å². The predicted molar refractivity (Wildman–Crippen MR) is 138 cm³/mol. The van der Waals surface area contributed by atoms with Gasteiger partial charge in [-0.1, -0.05) is 12.8 Å². The average Bonchev–Trinajstić information content (AvgIpc) is 3.12. The third-order valence-electron chi connectivity index (χ3n) is 7.00. The summed E-state index contributed by atoms with van der Waals surface area (Å²) in [4.78, 5) is 21.9. The number of benzene rings is 1. The number of nitrogens with zero attached hydrogens (tertiary/aromatic N) is 4. The van der Waals surface area contributed by atoms with Crippen LogP contribution in [0.25, 0.3) is 5.65 Å². The molecule has 5 rings (SSSR count). The minimum Gasteiger partial charge on any atom is -0.383 e. The van der Waals surface area contributed by atoms with E-state index < -0.39 is 5.82 Å². The van der Waals surface area contributed by atoms with Crippen LogP contribution in [-0.4, -0.2) is 83.3 Å². The number of morpholine rings is 1. The maximum Gasteiger partial charge on any atom is 0.253 e. The van der Waals surface area contributed by atoms with E-state index in [0.717, 1.165) is 77.3 Å². The Labute approximate surface area is 210 Å². The van der Waals surface area contributed by atoms with E-state index in [1.54, 1.807) is 22.7 Å². The van der Waals surface area contributed by atoms with Crippen molar-refractivity contribution in [2.45, 2.75) is 25.7 Å². The summed E-state index contributed by atoms with van der Waals surface area (Å²) in [6, 6.07) is 8.44. The molecule has 0 radical (unpaired) electrons. The highest BCUT2D eigenvalue weighted by molar-refractivity contribution is 6.14. The summed E-state index contributed by atoms with van der Waals surface area (Å²) >= 11 is 0. The van der Waals surface area contributed by atoms with Gasteiger partial charge in [0.15, 0.2) is 0 Å². The van der Waals surface area contributed by atoms with E-state index in [-0.39, 0.29) is 11.6 Å². The van der Waals surface area contributed by atoms with E-state index in [1.807, 2.05) is 17.0 Å². The number of rotatable bonds is 7. The zero-order valence-corrected chi connectivity index (χ0v) is 20.5. The van der Waals surface area contributed by atoms with Crippen molar-refractivity contribution >= 4 is 23.0 Å². The maximum atomic E-state index is 13.9. The zero-order chi connectivity index (χ0) is 24.9. The molecule has 36 heavy (non-hydrogen) atoms. The Hall–Kier alpha value is -3.30. The number of ether oxygens (including phenoxy) is 1. The molecule has 1 amide bonds. The maximum absolute atomic E-state index is 13.9. The van der Waals surface area contributed by atoms with Crippen molar-refractivity contribution in [1.82, 2.24) is 19.2 Å². The second kappa shape index (κ2) is 11.2. The van der Waals surface area contributed by atoms with Gasteiger partial charge in [0.25, 0.3) is 5.91 Å². The van der Waals surface area contributed by atoms with Crippen molar-refractivity contribution in [3.05, 3.63) is 65.4 Å². The first-order chi connectivity index (χ1) is 17.6. The van der Waals surface area contributed by atoms with Crippen molar-refractivity contribution in [1.29, 1.82) is 5.41 Å². The van der Waals surface area contributed by atoms with Gasteiger partial charge in [-0.15, -0.1) is 0 Å². The van der Waals surface area contributed by atoms with Gasteiger partial charge in [-0.3, -0.25) is 19.5 Å². The van der Waals surface area contributed by atoms with E-state index in [9.17, 15) is 9.18 Å². The number of halogens is 1. The molecule has 2 saturated heterocycles. The fraction of sp³-hybridized carbons (Fsp3) is 0.444. The molecule has 8 nitrogen and oxygen atoms in total. The Morgan fingerprint density at radius 1 is 1.06 bits per heavy atom. The molecule has 2 aliphatic heterocycles. The third-order valence-corrected chi connectivity index (χ3v) is 7.00. The molecule has 190 valence electrons. The smallest absolute Gasteiger partial charge is 0.253 e. The Kier molecular flexibility index (Phi) is 7.58. The molecule has 4 heterocycles. The normalized spacial score (nSPS) is 17.2. The fourth-order valence-electron chi connectivity index (χ4n) is 4.95. The lowest BCUT2D eigenvalue weighted by Crippen LogP contribution is -2.39. The van der Waals surface area contributed by atoms with Crippen LogP contribution in [-0.2, 0) is 4.74 Å². The lowest BCUT2D eigenvalue weighted by molar-refractivity contribution is 0.0398. The standard InChI is InChI=1S/C27H33FN6O2/c28-21-6-8-25-31-18-24(34(25)19-21)26(29)22-7-5-20(27(35)33-10-3-1-2-4-11-33)17-23(22)30-9-12-32-13-15-36-16-14-32/h5-8,17-19,29-30H,1-4,9-16H2. The van der Waals surface area contributed by atoms with E-state index in [2.05, 4.69) is 15.2 Å². The molecule has 2 aromatic heterocycles. The van der Waals surface area contributed by atoms with Crippen LogP contribution in [0.4, 0.5) is 10.1 Å². The second-order valence-corrected chi connectivity index (χ2v) is 9.44. The molecule has 1 aromatic carbocycles. The summed E-state index contributed by atoms with van der Waals surface area (Å²) in [6.45, 7) is 6.33. The molecule has 2 N–H and O–H groups in total. The van der Waals surface area contributed by atoms with Crippen LogP contribution in [0.2, 0.25) is 0 Å². The number of amides is 1. The SMILES string of the molecule is N=C(c1ccc(C(=O)N2CCCCCC2)cc1NCCN1CCOCC1)c1cnc2ccc(F)cn12. The number of hydrogen-bond acceptors (Lipinski definition) is 6. The molecule has 3 aromatic rings. The van der Waals surface area contributed by atoms with Crippen LogP contribution in [0.3, 0.4) is 0 Å². The molecule has 2 fully saturated rings. The number of pyridine rings is 1. The number of hydrogen-bond donors (Lipinski definition) is 2. The second-order valence-electron chi connectivity index (χ2n) is 9.44. The van der Waals surface area contributed by atoms with Gasteiger partial charge in [0.2, 0.25) is 0 Å². The van der Waals surface area contributed by atoms with Gasteiger partial charge in [-0.2, -0.15) is 0 Å². The minimum atomic E-state index is -0.392. The Balaban J connectivity index is 1.42. The number of anilines is 1. The van der Waals surface area contributed by atoms with Crippen LogP contribution in [0, 0.1) is 11.2 Å². The van der Waals surface area contributed by atoms with Gasteiger partial charge in [-0.05, 0) is 43.2 Å². The number of carbonyl (C=O) groups excluding carboxylic acids is 1. The van der Waals surface area contributed by atoms with Gasteiger partial charge in [0, 0.05) is 62.3 Å². The first kappa shape index (κ1) is 24.4. The summed E-state index contributed by atoms with van der Waals surface area (Å²) in [5.74, 6) is -0.361. The highest BCUT2D eigenvalue weighted by atomic mass is 19.1. The lowest BCUT2D eigenvalue weighted by Gasteiger charge is -2.27. The van der Waals surface area contributed by atoms with Crippen molar-refractivity contribution < 1.29 is 13.9 Å². The van der Waals surface area contributed by atoms with Crippen molar-refractivity contribution in [2.75, 3.05) is 57.8 Å². The summed E-state index contributed by atoms with van der Waals surface area (Å²) in [7, 11) is 0. The number of aromatic nitrogens is 2. The van der Waals surface area contributed by atoms with Crippen LogP contribution in [0.1, 0.15) is 47.3 Å². The van der Waals surface area contributed by atoms with Crippen LogP contribution < -0.4 is 5.32 Å². The van der Waals surface area contributed by atoms with E-state index >= 15 is 0 Å². The summed E-state index contributed by atoms with van der Waals surface area (Å²) in [5, 5.41) is 12.4. The molecule has 0 unspecified atom stereocenters. The van der Waals surface area contributed by atoms with Gasteiger partial charge >= 0.3 is 0 Å². The summed E-state index contributed by atoms with van der Waals surface area (Å²) in [6.07, 6.45) is 7.32. The van der Waals surface area contributed by atoms with Crippen molar-refractivity contribution in [3.63, 3.8) is 0 Å². The van der Waals surface area contributed by atoms with Crippen LogP contribution in [0.15, 0.2) is 42.7 Å². The largest absolute Gasteiger partial charge is 0.383 e. The average molecular weight is 493 g/mol. The molecule has 0 aliphatic carbocycles. The van der Waals surface area contributed by atoms with Crippen LogP contribution in [0.5, 0.6) is 0 Å². The molecule has 0 bridgehead atoms. The number of imidazole rings is 1. The highest BCUT2D eigenvalue weighted by Crippen LogP contribution is 2.24. The lowest BCUT2D eigenvalue weighted by atomic mass is 10.0. The minimum absolute atomic E-state index is 0.0306. The Morgan fingerprint density at radius 3 is 2.61 bits per heavy atom. The van der Waals surface area contributed by atoms with Crippen molar-refractivity contribution in [3.8, 4) is 0 Å². The molecule has 9 heteroatoms. The van der Waals surface area contributed by atoms with Gasteiger partial charge in [0.1, 0.15) is 11.5 Å². The molecular formula is C27H33FN6O2. The van der Waals surface area contributed by atoms with Gasteiger partial charge in [0.05, 0.1) is 30.8 Å². The van der Waals surface area contributed by atoms with E-state index in [0.29, 0.717) is 29.0 Å². The first-order valence-electron chi connectivity index (χ1n) is 12.8. The molecular weight excluding hydrogens is 459 g/mol. The fourth-order valence-corrected chi connectivity index (χ4v) is 4.95. The third kappa shape index (κ3) is 5.42. The van der Waals surface area contributed by atoms with Crippen molar-refractivity contribution in [2.24, 2.45) is 0 Å². The zero-order valence-electron chi connectivity index (χ0n) is 20.5. The molecule has 2 aliphatic rings. The van der Waals surface area contributed by atoms with Crippen LogP contribution >= 0.6 is 0 Å². The molecule has 0 spiro atoms. The Morgan fingerprint density at radius 2 is 1.83 bits per heavy atom. The predicted octanol–water partition coefficient (Wildman–Crippen LogP) is 3.65. The van der Waals surface area contributed by atoms with E-state index in [1.165, 1.54) is 12.3 Å². The molecule has 0 saturated carbocycles.